The highest BCUT2D eigenvalue weighted by Crippen LogP contribution is 2.27. The number of aromatic nitrogens is 1. The molecule has 0 bridgehead atoms. The smallest absolute Gasteiger partial charge is 0.420 e. The molecule has 8 nitrogen and oxygen atoms in total. The Morgan fingerprint density at radius 2 is 1.78 bits per heavy atom. The van der Waals surface area contributed by atoms with E-state index in [1.165, 1.54) is 30.3 Å². The molecular weight excluding hydrogens is 437 g/mol. The first kappa shape index (κ1) is 23.3. The maximum Gasteiger partial charge on any atom is 0.420 e. The van der Waals surface area contributed by atoms with Crippen molar-refractivity contribution in [1.82, 2.24) is 9.29 Å². The van der Waals surface area contributed by atoms with E-state index in [9.17, 15) is 22.4 Å². The Hall–Kier alpha value is -3.40. The van der Waals surface area contributed by atoms with E-state index < -0.39 is 22.2 Å². The van der Waals surface area contributed by atoms with Gasteiger partial charge < -0.3 is 14.6 Å². The monoisotopic (exact) mass is 461 g/mol. The molecule has 0 fully saturated rings. The van der Waals surface area contributed by atoms with Gasteiger partial charge in [0.2, 0.25) is 5.91 Å². The van der Waals surface area contributed by atoms with E-state index in [0.717, 1.165) is 7.11 Å². The Balaban J connectivity index is 1.84. The second-order valence-corrected chi connectivity index (χ2v) is 9.33. The number of carbonyl (C=O) groups is 2. The van der Waals surface area contributed by atoms with E-state index in [1.807, 2.05) is 13.8 Å². The van der Waals surface area contributed by atoms with Crippen LogP contribution in [-0.2, 0) is 19.6 Å². The van der Waals surface area contributed by atoms with Crippen LogP contribution in [0.25, 0.3) is 10.9 Å². The molecule has 0 unspecified atom stereocenters. The predicted molar refractivity (Wildman–Crippen MR) is 118 cm³/mol. The molecule has 2 amide bonds. The summed E-state index contributed by atoms with van der Waals surface area (Å²) in [6, 6.07) is 11.1. The molecule has 3 aromatic rings. The van der Waals surface area contributed by atoms with E-state index >= 15 is 0 Å². The van der Waals surface area contributed by atoms with Crippen LogP contribution in [0.2, 0.25) is 0 Å². The fourth-order valence-corrected chi connectivity index (χ4v) is 4.28. The third kappa shape index (κ3) is 5.08. The molecule has 0 saturated heterocycles. The summed E-state index contributed by atoms with van der Waals surface area (Å²) in [7, 11) is -3.03. The van der Waals surface area contributed by atoms with Gasteiger partial charge in [-0.25, -0.2) is 22.3 Å². The number of nitrogens with one attached hydrogen (secondary N) is 2. The third-order valence-corrected chi connectivity index (χ3v) is 6.21. The molecule has 0 saturated carbocycles. The van der Waals surface area contributed by atoms with Crippen LogP contribution in [0.3, 0.4) is 0 Å². The van der Waals surface area contributed by atoms with Crippen molar-refractivity contribution < 1.29 is 27.1 Å². The van der Waals surface area contributed by atoms with Crippen LogP contribution in [-0.4, -0.2) is 32.1 Å². The second-order valence-electron chi connectivity index (χ2n) is 7.65. The van der Waals surface area contributed by atoms with Gasteiger partial charge in [0, 0.05) is 17.3 Å². The van der Waals surface area contributed by atoms with Crippen LogP contribution in [0.5, 0.6) is 0 Å². The van der Waals surface area contributed by atoms with E-state index in [4.69, 9.17) is 0 Å². The van der Waals surface area contributed by atoms with Crippen molar-refractivity contribution >= 4 is 38.6 Å². The number of carbonyl (C=O) groups excluding carboxylic acids is 2. The highest BCUT2D eigenvalue weighted by molar-refractivity contribution is 7.90. The fraction of sp³-hybridized carbons (Fsp3) is 0.273. The largest absolute Gasteiger partial charge is 0.452 e. The molecule has 3 rings (SSSR count). The molecule has 0 aliphatic heterocycles. The number of nitrogens with zero attached hydrogens (tertiary/aromatic N) is 1. The average Bonchev–Trinajstić information content (AvgIpc) is 3.17. The van der Waals surface area contributed by atoms with Gasteiger partial charge in [-0.05, 0) is 54.8 Å². The lowest BCUT2D eigenvalue weighted by atomic mass is 10.0. The minimum absolute atomic E-state index is 0.161. The highest BCUT2D eigenvalue weighted by atomic mass is 32.2. The Morgan fingerprint density at radius 1 is 1.09 bits per heavy atom. The fourth-order valence-electron chi connectivity index (χ4n) is 3.37. The molecule has 1 heterocycles. The molecule has 0 aliphatic carbocycles. The highest BCUT2D eigenvalue weighted by Gasteiger charge is 2.24. The lowest BCUT2D eigenvalue weighted by Crippen LogP contribution is -2.30. The quantitative estimate of drug-likeness (QED) is 0.552. The first-order chi connectivity index (χ1) is 15.1. The van der Waals surface area contributed by atoms with Crippen LogP contribution >= 0.6 is 0 Å². The van der Waals surface area contributed by atoms with E-state index in [0.29, 0.717) is 23.0 Å². The zero-order valence-corrected chi connectivity index (χ0v) is 18.6. The van der Waals surface area contributed by atoms with Crippen molar-refractivity contribution in [3.05, 3.63) is 60.5 Å². The summed E-state index contributed by atoms with van der Waals surface area (Å²) in [5.41, 5.74) is 0.990. The maximum atomic E-state index is 14.1. The van der Waals surface area contributed by atoms with Crippen molar-refractivity contribution in [3.63, 3.8) is 0 Å². The number of anilines is 1. The van der Waals surface area contributed by atoms with Crippen LogP contribution in [0.1, 0.15) is 26.3 Å². The summed E-state index contributed by atoms with van der Waals surface area (Å²) >= 11 is 0. The van der Waals surface area contributed by atoms with Crippen LogP contribution in [0.4, 0.5) is 14.9 Å². The number of methoxy groups -OCH3 is 1. The molecular formula is C22H24FN3O5S. The molecule has 2 aromatic carbocycles. The Labute approximate surface area is 185 Å². The zero-order valence-electron chi connectivity index (χ0n) is 17.8. The lowest BCUT2D eigenvalue weighted by molar-refractivity contribution is -0.119. The normalized spacial score (nSPS) is 12.5. The molecule has 0 spiro atoms. The minimum Gasteiger partial charge on any atom is -0.452 e. The molecule has 2 N–H and O–H groups in total. The third-order valence-electron chi connectivity index (χ3n) is 4.88. The summed E-state index contributed by atoms with van der Waals surface area (Å²) in [6.07, 6.45) is 1.10. The molecule has 1 atom stereocenters. The maximum absolute atomic E-state index is 14.1. The number of amides is 2. The molecule has 0 aliphatic rings. The van der Waals surface area contributed by atoms with Gasteiger partial charge >= 0.3 is 6.09 Å². The summed E-state index contributed by atoms with van der Waals surface area (Å²) < 4.78 is 46.2. The first-order valence-corrected chi connectivity index (χ1v) is 11.4. The second kappa shape index (κ2) is 9.39. The van der Waals surface area contributed by atoms with Crippen molar-refractivity contribution in [2.45, 2.75) is 31.2 Å². The van der Waals surface area contributed by atoms with Gasteiger partial charge in [-0.2, -0.15) is 0 Å². The van der Waals surface area contributed by atoms with Crippen molar-refractivity contribution in [1.29, 1.82) is 0 Å². The summed E-state index contributed by atoms with van der Waals surface area (Å²) in [5.74, 6) is -0.486. The number of benzene rings is 2. The Morgan fingerprint density at radius 3 is 2.41 bits per heavy atom. The lowest BCUT2D eigenvalue weighted by Gasteiger charge is -2.22. The van der Waals surface area contributed by atoms with Crippen LogP contribution in [0, 0.1) is 11.7 Å². The molecule has 0 radical (unpaired) electrons. The van der Waals surface area contributed by atoms with Crippen molar-refractivity contribution in [2.75, 3.05) is 12.4 Å². The first-order valence-electron chi connectivity index (χ1n) is 9.89. The van der Waals surface area contributed by atoms with E-state index in [2.05, 4.69) is 10.1 Å². The van der Waals surface area contributed by atoms with Crippen LogP contribution < -0.4 is 10.0 Å². The van der Waals surface area contributed by atoms with Gasteiger partial charge in [0.25, 0.3) is 10.0 Å². The van der Waals surface area contributed by atoms with Gasteiger partial charge in [-0.1, -0.05) is 19.9 Å². The predicted octanol–water partition coefficient (Wildman–Crippen LogP) is 4.05. The minimum atomic E-state index is -4.09. The van der Waals surface area contributed by atoms with E-state index in [-0.39, 0.29) is 22.5 Å². The molecule has 32 heavy (non-hydrogen) atoms. The number of fused-ring (bicyclic) bond motifs is 1. The van der Waals surface area contributed by atoms with Gasteiger partial charge in [0.05, 0.1) is 17.5 Å². The number of hydrogen-bond acceptors (Lipinski definition) is 5. The van der Waals surface area contributed by atoms with Crippen LogP contribution in [0.15, 0.2) is 59.6 Å². The number of hydrogen-bond donors (Lipinski definition) is 2. The molecule has 10 heteroatoms. The van der Waals surface area contributed by atoms with Gasteiger partial charge in [0.1, 0.15) is 11.9 Å². The Bertz CT molecular complexity index is 1240. The number of ether oxygens (including phenoxy) is 1. The van der Waals surface area contributed by atoms with Gasteiger partial charge in [0.15, 0.2) is 0 Å². The van der Waals surface area contributed by atoms with Crippen molar-refractivity contribution in [2.24, 2.45) is 5.92 Å². The topological polar surface area (TPSA) is 106 Å². The number of rotatable bonds is 7. The summed E-state index contributed by atoms with van der Waals surface area (Å²) in [6.45, 7) is 3.97. The van der Waals surface area contributed by atoms with E-state index in [1.54, 1.807) is 33.7 Å². The average molecular weight is 462 g/mol. The SMILES string of the molecule is COC(=O)NS(=O)(=O)c1ccc(NC(=O)[C@H](CC(C)C)n2ccc3c(F)cccc32)cc1. The standard InChI is InChI=1S/C22H24FN3O5S/c1-14(2)13-20(26-12-11-17-18(23)5-4-6-19(17)26)21(27)24-15-7-9-16(10-8-15)32(29,30)25-22(28)31-3/h4-12,14,20H,13H2,1-3H3,(H,24,27)(H,25,28)/t20-/m0/s1. The number of sulfonamides is 1. The van der Waals surface area contributed by atoms with Crippen molar-refractivity contribution in [3.8, 4) is 0 Å². The molecule has 1 aromatic heterocycles. The Kier molecular flexibility index (Phi) is 6.83. The summed E-state index contributed by atoms with van der Waals surface area (Å²) in [5, 5.41) is 3.22. The van der Waals surface area contributed by atoms with Gasteiger partial charge in [-0.3, -0.25) is 4.79 Å². The zero-order chi connectivity index (χ0) is 23.5. The number of halogens is 1. The summed E-state index contributed by atoms with van der Waals surface area (Å²) in [4.78, 5) is 24.2. The van der Waals surface area contributed by atoms with Gasteiger partial charge in [-0.15, -0.1) is 0 Å². The molecule has 170 valence electrons.